The number of benzene rings is 2. The second kappa shape index (κ2) is 10.2. The van der Waals surface area contributed by atoms with Crippen LogP contribution in [0.4, 0.5) is 0 Å². The largest absolute Gasteiger partial charge is 0.459 e. The van der Waals surface area contributed by atoms with Gasteiger partial charge in [-0.1, -0.05) is 61.2 Å². The molecule has 0 aliphatic heterocycles. The lowest BCUT2D eigenvalue weighted by Gasteiger charge is -2.09. The maximum Gasteiger partial charge on any atom is 0.316 e. The molecular weight excluding hydrogens is 360 g/mol. The summed E-state index contributed by atoms with van der Waals surface area (Å²) in [6.07, 6.45) is 4.84. The summed E-state index contributed by atoms with van der Waals surface area (Å²) < 4.78 is 5.59. The highest BCUT2D eigenvalue weighted by atomic mass is 16.5. The molecule has 29 heavy (non-hydrogen) atoms. The molecular formula is C25H24N2O2. The van der Waals surface area contributed by atoms with Crippen LogP contribution >= 0.6 is 0 Å². The first-order valence-corrected chi connectivity index (χ1v) is 9.67. The van der Waals surface area contributed by atoms with Crippen molar-refractivity contribution in [2.45, 2.75) is 33.3 Å². The van der Waals surface area contributed by atoms with Crippen LogP contribution in [0, 0.1) is 17.8 Å². The Morgan fingerprint density at radius 2 is 1.59 bits per heavy atom. The fourth-order valence-electron chi connectivity index (χ4n) is 3.01. The Bertz CT molecular complexity index is 985. The van der Waals surface area contributed by atoms with Crippen LogP contribution in [0.1, 0.15) is 42.5 Å². The number of ketones is 1. The van der Waals surface area contributed by atoms with Crippen LogP contribution in [0.25, 0.3) is 0 Å². The van der Waals surface area contributed by atoms with Crippen molar-refractivity contribution in [3.63, 3.8) is 0 Å². The average molecular weight is 384 g/mol. The number of carbonyl (C=O) groups is 1. The van der Waals surface area contributed by atoms with E-state index in [9.17, 15) is 4.79 Å². The number of Topliss-reactive ketones (excluding diaryl/α,β-unsaturated/α-hetero) is 1. The standard InChI is InChI=1S/C25H24N2O2/c1-19(14-20(2)28)15-22-11-8-21(9-12-22)10-13-24-16-26-25(27-17-24)29-18-23-6-4-3-5-7-23/h3-9,11-12,16-17,19H,14-15,18H2,1-2H3. The second-order valence-corrected chi connectivity index (χ2v) is 7.19. The lowest BCUT2D eigenvalue weighted by Crippen LogP contribution is -2.04. The molecule has 0 saturated carbocycles. The Morgan fingerprint density at radius 1 is 0.931 bits per heavy atom. The van der Waals surface area contributed by atoms with Crippen molar-refractivity contribution in [1.29, 1.82) is 0 Å². The van der Waals surface area contributed by atoms with Crippen molar-refractivity contribution in [1.82, 2.24) is 9.97 Å². The van der Waals surface area contributed by atoms with Crippen molar-refractivity contribution >= 4 is 5.78 Å². The minimum atomic E-state index is 0.235. The summed E-state index contributed by atoms with van der Waals surface area (Å²) in [5, 5.41) is 0. The van der Waals surface area contributed by atoms with E-state index in [1.165, 1.54) is 5.56 Å². The molecule has 0 fully saturated rings. The summed E-state index contributed by atoms with van der Waals surface area (Å²) in [7, 11) is 0. The van der Waals surface area contributed by atoms with Gasteiger partial charge < -0.3 is 9.53 Å². The summed E-state index contributed by atoms with van der Waals surface area (Å²) in [4.78, 5) is 19.6. The van der Waals surface area contributed by atoms with Gasteiger partial charge in [-0.25, -0.2) is 9.97 Å². The van der Waals surface area contributed by atoms with Gasteiger partial charge in [0, 0.05) is 24.4 Å². The lowest BCUT2D eigenvalue weighted by molar-refractivity contribution is -0.117. The zero-order valence-electron chi connectivity index (χ0n) is 16.8. The van der Waals surface area contributed by atoms with E-state index in [-0.39, 0.29) is 5.78 Å². The molecule has 3 aromatic rings. The van der Waals surface area contributed by atoms with E-state index >= 15 is 0 Å². The molecule has 4 heteroatoms. The first-order valence-electron chi connectivity index (χ1n) is 9.67. The SMILES string of the molecule is CC(=O)CC(C)Cc1ccc(C#Cc2cnc(OCc3ccccc3)nc2)cc1. The number of aromatic nitrogens is 2. The van der Waals surface area contributed by atoms with Crippen LogP contribution in [-0.4, -0.2) is 15.8 Å². The van der Waals surface area contributed by atoms with Crippen LogP contribution in [-0.2, 0) is 17.8 Å². The molecule has 0 radical (unpaired) electrons. The van der Waals surface area contributed by atoms with Crippen LogP contribution in [0.2, 0.25) is 0 Å². The first kappa shape index (κ1) is 20.3. The molecule has 0 saturated heterocycles. The van der Waals surface area contributed by atoms with Crippen LogP contribution in [0.15, 0.2) is 67.0 Å². The van der Waals surface area contributed by atoms with Crippen molar-refractivity contribution in [2.75, 3.05) is 0 Å². The van der Waals surface area contributed by atoms with Gasteiger partial charge in [-0.05, 0) is 42.5 Å². The van der Waals surface area contributed by atoms with E-state index < -0.39 is 0 Å². The number of hydrogen-bond donors (Lipinski definition) is 0. The summed E-state index contributed by atoms with van der Waals surface area (Å²) in [5.74, 6) is 6.79. The van der Waals surface area contributed by atoms with Crippen molar-refractivity contribution < 1.29 is 9.53 Å². The summed E-state index contributed by atoms with van der Waals surface area (Å²) >= 11 is 0. The smallest absolute Gasteiger partial charge is 0.316 e. The zero-order chi connectivity index (χ0) is 20.5. The number of rotatable bonds is 7. The quantitative estimate of drug-likeness (QED) is 0.558. The Balaban J connectivity index is 1.54. The van der Waals surface area contributed by atoms with Gasteiger partial charge in [-0.2, -0.15) is 0 Å². The van der Waals surface area contributed by atoms with Gasteiger partial charge in [-0.15, -0.1) is 0 Å². The van der Waals surface area contributed by atoms with Gasteiger partial charge in [0.05, 0.1) is 5.56 Å². The highest BCUT2D eigenvalue weighted by Gasteiger charge is 2.06. The fraction of sp³-hybridized carbons (Fsp3) is 0.240. The summed E-state index contributed by atoms with van der Waals surface area (Å²) in [5.41, 5.74) is 3.94. The molecule has 0 aliphatic rings. The maximum absolute atomic E-state index is 11.2. The Hall–Kier alpha value is -3.45. The normalized spacial score (nSPS) is 11.2. The van der Waals surface area contributed by atoms with Crippen molar-refractivity contribution in [2.24, 2.45) is 5.92 Å². The number of hydrogen-bond acceptors (Lipinski definition) is 4. The van der Waals surface area contributed by atoms with Crippen LogP contribution in [0.3, 0.4) is 0 Å². The van der Waals surface area contributed by atoms with E-state index in [0.29, 0.717) is 25.0 Å². The monoisotopic (exact) mass is 384 g/mol. The minimum absolute atomic E-state index is 0.235. The second-order valence-electron chi connectivity index (χ2n) is 7.19. The van der Waals surface area contributed by atoms with Gasteiger partial charge in [0.1, 0.15) is 12.4 Å². The van der Waals surface area contributed by atoms with E-state index in [2.05, 4.69) is 40.9 Å². The van der Waals surface area contributed by atoms with E-state index in [0.717, 1.165) is 23.1 Å². The molecule has 0 aliphatic carbocycles. The van der Waals surface area contributed by atoms with Crippen molar-refractivity contribution in [3.8, 4) is 17.9 Å². The molecule has 1 atom stereocenters. The molecule has 0 N–H and O–H groups in total. The van der Waals surface area contributed by atoms with Gasteiger partial charge in [-0.3, -0.25) is 0 Å². The van der Waals surface area contributed by atoms with E-state index in [1.807, 2.05) is 42.5 Å². The molecule has 3 rings (SSSR count). The van der Waals surface area contributed by atoms with Gasteiger partial charge in [0.15, 0.2) is 0 Å². The highest BCUT2D eigenvalue weighted by molar-refractivity contribution is 5.75. The van der Waals surface area contributed by atoms with Crippen LogP contribution < -0.4 is 4.74 Å². The van der Waals surface area contributed by atoms with Gasteiger partial charge in [0.25, 0.3) is 0 Å². The molecule has 4 nitrogen and oxygen atoms in total. The summed E-state index contributed by atoms with van der Waals surface area (Å²) in [6, 6.07) is 18.4. The zero-order valence-corrected chi connectivity index (χ0v) is 16.8. The predicted molar refractivity (Wildman–Crippen MR) is 113 cm³/mol. The number of carbonyl (C=O) groups excluding carboxylic acids is 1. The number of nitrogens with zero attached hydrogens (tertiary/aromatic N) is 2. The first-order chi connectivity index (χ1) is 14.1. The highest BCUT2D eigenvalue weighted by Crippen LogP contribution is 2.13. The molecule has 0 amide bonds. The third-order valence-corrected chi connectivity index (χ3v) is 4.36. The van der Waals surface area contributed by atoms with Crippen LogP contribution in [0.5, 0.6) is 6.01 Å². The maximum atomic E-state index is 11.2. The predicted octanol–water partition coefficient (Wildman–Crippen LogP) is 4.61. The third-order valence-electron chi connectivity index (χ3n) is 4.36. The molecule has 0 spiro atoms. The Labute approximate surface area is 172 Å². The lowest BCUT2D eigenvalue weighted by atomic mass is 9.96. The molecule has 2 aromatic carbocycles. The molecule has 1 heterocycles. The molecule has 1 aromatic heterocycles. The van der Waals surface area contributed by atoms with E-state index in [4.69, 9.17) is 4.74 Å². The molecule has 1 unspecified atom stereocenters. The summed E-state index contributed by atoms with van der Waals surface area (Å²) in [6.45, 7) is 4.17. The Morgan fingerprint density at radius 3 is 2.24 bits per heavy atom. The van der Waals surface area contributed by atoms with Crippen molar-refractivity contribution in [3.05, 3.63) is 89.2 Å². The Kier molecular flexibility index (Phi) is 7.13. The van der Waals surface area contributed by atoms with E-state index in [1.54, 1.807) is 19.3 Å². The average Bonchev–Trinajstić information content (AvgIpc) is 2.73. The fourth-order valence-corrected chi connectivity index (χ4v) is 3.01. The third kappa shape index (κ3) is 6.90. The number of ether oxygens (including phenoxy) is 1. The molecule has 146 valence electrons. The van der Waals surface area contributed by atoms with Gasteiger partial charge >= 0.3 is 6.01 Å². The minimum Gasteiger partial charge on any atom is -0.459 e. The molecule has 0 bridgehead atoms. The topological polar surface area (TPSA) is 52.1 Å². The van der Waals surface area contributed by atoms with Gasteiger partial charge in [0.2, 0.25) is 0 Å².